The summed E-state index contributed by atoms with van der Waals surface area (Å²) in [6, 6.07) is 0. The number of hydrogen-bond donors (Lipinski definition) is 0. The van der Waals surface area contributed by atoms with E-state index in [0.717, 1.165) is 30.4 Å². The molecule has 0 radical (unpaired) electrons. The Morgan fingerprint density at radius 1 is 1.24 bits per heavy atom. The fraction of sp³-hybridized carbons (Fsp3) is 0.571. The minimum atomic E-state index is -0.0458. The third-order valence-electron chi connectivity index (χ3n) is 4.59. The summed E-state index contributed by atoms with van der Waals surface area (Å²) >= 11 is 0. The fourth-order valence-corrected chi connectivity index (χ4v) is 3.98. The molecule has 1 aliphatic heterocycles. The van der Waals surface area contributed by atoms with E-state index in [9.17, 15) is 9.59 Å². The zero-order chi connectivity index (χ0) is 12.2. The van der Waals surface area contributed by atoms with E-state index in [-0.39, 0.29) is 11.8 Å². The normalized spacial score (nSPS) is 34.9. The molecular weight excluding hydrogens is 214 g/mol. The molecule has 3 rings (SSSR count). The van der Waals surface area contributed by atoms with E-state index >= 15 is 0 Å². The molecule has 0 spiro atoms. The molecule has 3 nitrogen and oxygen atoms in total. The van der Waals surface area contributed by atoms with Gasteiger partial charge in [-0.2, -0.15) is 0 Å². The number of imide groups is 1. The largest absolute Gasteiger partial charge is 0.271 e. The lowest BCUT2D eigenvalue weighted by molar-refractivity contribution is -0.137. The van der Waals surface area contributed by atoms with E-state index in [4.69, 9.17) is 0 Å². The highest BCUT2D eigenvalue weighted by Gasteiger charge is 2.56. The molecule has 17 heavy (non-hydrogen) atoms. The predicted molar refractivity (Wildman–Crippen MR) is 63.9 cm³/mol. The smallest absolute Gasteiger partial charge is 0.257 e. The predicted octanol–water partition coefficient (Wildman–Crippen LogP) is 1.90. The van der Waals surface area contributed by atoms with Crippen molar-refractivity contribution >= 4 is 11.8 Å². The molecule has 2 atom stereocenters. The van der Waals surface area contributed by atoms with Crippen molar-refractivity contribution in [1.29, 1.82) is 0 Å². The van der Waals surface area contributed by atoms with Crippen molar-refractivity contribution < 1.29 is 9.59 Å². The maximum atomic E-state index is 12.2. The van der Waals surface area contributed by atoms with Gasteiger partial charge in [-0.1, -0.05) is 19.4 Å². The second-order valence-electron chi connectivity index (χ2n) is 5.20. The Balaban J connectivity index is 1.99. The highest BCUT2D eigenvalue weighted by atomic mass is 16.2. The van der Waals surface area contributed by atoms with Crippen molar-refractivity contribution in [1.82, 2.24) is 4.90 Å². The van der Waals surface area contributed by atoms with E-state index in [2.05, 4.69) is 13.5 Å². The van der Waals surface area contributed by atoms with Crippen LogP contribution in [0.5, 0.6) is 0 Å². The molecule has 1 saturated carbocycles. The first kappa shape index (κ1) is 10.8. The second kappa shape index (κ2) is 3.56. The highest BCUT2D eigenvalue weighted by molar-refractivity contribution is 6.20. The van der Waals surface area contributed by atoms with Crippen molar-refractivity contribution in [2.45, 2.75) is 26.2 Å². The summed E-state index contributed by atoms with van der Waals surface area (Å²) in [4.78, 5) is 25.8. The van der Waals surface area contributed by atoms with Crippen LogP contribution in [0.1, 0.15) is 26.2 Å². The number of carbonyl (C=O) groups is 2. The molecule has 2 aliphatic carbocycles. The van der Waals surface area contributed by atoms with Gasteiger partial charge in [0.15, 0.2) is 0 Å². The first-order valence-electron chi connectivity index (χ1n) is 6.41. The average Bonchev–Trinajstić information content (AvgIpc) is 2.94. The Morgan fingerprint density at radius 2 is 1.76 bits per heavy atom. The Hall–Kier alpha value is -1.38. The van der Waals surface area contributed by atoms with E-state index in [1.54, 1.807) is 6.08 Å². The molecule has 3 heteroatoms. The summed E-state index contributed by atoms with van der Waals surface area (Å²) in [7, 11) is 0. The molecule has 0 aromatic carbocycles. The third kappa shape index (κ3) is 1.17. The van der Waals surface area contributed by atoms with Gasteiger partial charge in [-0.15, -0.1) is 6.58 Å². The lowest BCUT2D eigenvalue weighted by Gasteiger charge is -2.21. The number of nitrogens with zero attached hydrogens (tertiary/aromatic N) is 1. The van der Waals surface area contributed by atoms with Gasteiger partial charge in [0, 0.05) is 17.7 Å². The molecule has 1 fully saturated rings. The molecule has 0 aromatic rings. The summed E-state index contributed by atoms with van der Waals surface area (Å²) in [5.74, 6) is 1.16. The Labute approximate surface area is 101 Å². The molecule has 90 valence electrons. The van der Waals surface area contributed by atoms with Crippen molar-refractivity contribution in [2.24, 2.45) is 17.8 Å². The summed E-state index contributed by atoms with van der Waals surface area (Å²) in [5.41, 5.74) is 1.69. The second-order valence-corrected chi connectivity index (χ2v) is 5.20. The quantitative estimate of drug-likeness (QED) is 0.549. The molecule has 2 bridgehead atoms. The lowest BCUT2D eigenvalue weighted by Crippen LogP contribution is -2.35. The number of carbonyl (C=O) groups excluding carboxylic acids is 2. The standard InChI is InChI=1S/C14H17NO2/c1-3-7-15-13(16)11-9-5-6-10(8(9)4-2)12(11)14(15)17/h3,8-10H,1,4-7H2,2H3. The number of likely N-dealkylation sites (tertiary alicyclic amines) is 1. The molecule has 0 saturated heterocycles. The van der Waals surface area contributed by atoms with Gasteiger partial charge in [-0.25, -0.2) is 0 Å². The van der Waals surface area contributed by atoms with Gasteiger partial charge >= 0.3 is 0 Å². The third-order valence-corrected chi connectivity index (χ3v) is 4.59. The van der Waals surface area contributed by atoms with Gasteiger partial charge in [0.05, 0.1) is 0 Å². The first-order chi connectivity index (χ1) is 8.20. The Bertz CT molecular complexity index is 415. The van der Waals surface area contributed by atoms with Crippen LogP contribution in [0.25, 0.3) is 0 Å². The Kier molecular flexibility index (Phi) is 2.25. The van der Waals surface area contributed by atoms with Gasteiger partial charge in [0.2, 0.25) is 0 Å². The van der Waals surface area contributed by atoms with Crippen LogP contribution in [-0.2, 0) is 9.59 Å². The monoisotopic (exact) mass is 231 g/mol. The van der Waals surface area contributed by atoms with Crippen LogP contribution in [0.15, 0.2) is 23.8 Å². The van der Waals surface area contributed by atoms with Gasteiger partial charge in [0.25, 0.3) is 11.8 Å². The fourth-order valence-electron chi connectivity index (χ4n) is 3.98. The molecule has 1 heterocycles. The van der Waals surface area contributed by atoms with Crippen LogP contribution in [-0.4, -0.2) is 23.3 Å². The van der Waals surface area contributed by atoms with Crippen molar-refractivity contribution in [3.63, 3.8) is 0 Å². The number of fused-ring (bicyclic) bond motifs is 4. The van der Waals surface area contributed by atoms with E-state index in [1.807, 2.05) is 0 Å². The van der Waals surface area contributed by atoms with E-state index in [1.165, 1.54) is 4.90 Å². The molecule has 2 amide bonds. The number of rotatable bonds is 3. The van der Waals surface area contributed by atoms with Crippen molar-refractivity contribution in [2.75, 3.05) is 6.54 Å². The van der Waals surface area contributed by atoms with E-state index in [0.29, 0.717) is 24.3 Å². The van der Waals surface area contributed by atoms with Gasteiger partial charge < -0.3 is 0 Å². The van der Waals surface area contributed by atoms with Crippen LogP contribution < -0.4 is 0 Å². The maximum Gasteiger partial charge on any atom is 0.257 e. The Morgan fingerprint density at radius 3 is 2.18 bits per heavy atom. The van der Waals surface area contributed by atoms with Gasteiger partial charge in [0.1, 0.15) is 0 Å². The number of hydrogen-bond acceptors (Lipinski definition) is 2. The lowest BCUT2D eigenvalue weighted by atomic mass is 9.90. The van der Waals surface area contributed by atoms with E-state index < -0.39 is 0 Å². The minimum Gasteiger partial charge on any atom is -0.271 e. The molecule has 2 unspecified atom stereocenters. The minimum absolute atomic E-state index is 0.0458. The summed E-state index contributed by atoms with van der Waals surface area (Å²) < 4.78 is 0. The van der Waals surface area contributed by atoms with Crippen LogP contribution in [0.2, 0.25) is 0 Å². The topological polar surface area (TPSA) is 37.4 Å². The zero-order valence-electron chi connectivity index (χ0n) is 10.1. The van der Waals surface area contributed by atoms with Crippen molar-refractivity contribution in [3.05, 3.63) is 23.8 Å². The molecule has 3 aliphatic rings. The highest BCUT2D eigenvalue weighted by Crippen LogP contribution is 2.56. The number of amides is 2. The molecule has 0 N–H and O–H groups in total. The van der Waals surface area contributed by atoms with Crippen LogP contribution >= 0.6 is 0 Å². The molecule has 0 aromatic heterocycles. The summed E-state index contributed by atoms with van der Waals surface area (Å²) in [6.07, 6.45) is 4.87. The summed E-state index contributed by atoms with van der Waals surface area (Å²) in [5, 5.41) is 0. The maximum absolute atomic E-state index is 12.2. The first-order valence-corrected chi connectivity index (χ1v) is 6.41. The van der Waals surface area contributed by atoms with Crippen LogP contribution in [0, 0.1) is 17.8 Å². The summed E-state index contributed by atoms with van der Waals surface area (Å²) in [6.45, 7) is 6.12. The van der Waals surface area contributed by atoms with Crippen LogP contribution in [0.4, 0.5) is 0 Å². The van der Waals surface area contributed by atoms with Crippen LogP contribution in [0.3, 0.4) is 0 Å². The van der Waals surface area contributed by atoms with Gasteiger partial charge in [-0.3, -0.25) is 14.5 Å². The average molecular weight is 231 g/mol. The zero-order valence-corrected chi connectivity index (χ0v) is 10.1. The van der Waals surface area contributed by atoms with Crippen molar-refractivity contribution in [3.8, 4) is 0 Å². The molecular formula is C14H17NO2. The van der Waals surface area contributed by atoms with Gasteiger partial charge in [-0.05, 0) is 30.6 Å². The SMILES string of the molecule is C=CCN1C(=O)C2=C(C1=O)C1CCC2C1CC.